The van der Waals surface area contributed by atoms with Crippen LogP contribution in [-0.4, -0.2) is 7.05 Å². The third-order valence-electron chi connectivity index (χ3n) is 4.20. The Hall–Kier alpha value is -0.820. The van der Waals surface area contributed by atoms with Crippen LogP contribution in [0.25, 0.3) is 0 Å². The number of unbranched alkanes of at least 4 members (excludes halogenated alkanes) is 1. The number of hydrogen-bond donors (Lipinski definition) is 1. The summed E-state index contributed by atoms with van der Waals surface area (Å²) < 4.78 is 0. The summed E-state index contributed by atoms with van der Waals surface area (Å²) in [7, 11) is 2.09. The molecule has 2 atom stereocenters. The topological polar surface area (TPSA) is 12.0 Å². The van der Waals surface area contributed by atoms with Gasteiger partial charge in [-0.25, -0.2) is 0 Å². The van der Waals surface area contributed by atoms with Gasteiger partial charge in [-0.15, -0.1) is 0 Å². The lowest BCUT2D eigenvalue weighted by Crippen LogP contribution is -2.25. The predicted molar refractivity (Wildman–Crippen MR) is 85.6 cm³/mol. The van der Waals surface area contributed by atoms with Gasteiger partial charge in [-0.1, -0.05) is 71.2 Å². The average Bonchev–Trinajstić information content (AvgIpc) is 2.43. The maximum atomic E-state index is 3.53. The minimum absolute atomic E-state index is 0.498. The molecule has 0 spiro atoms. The van der Waals surface area contributed by atoms with Gasteiger partial charge < -0.3 is 5.32 Å². The Labute approximate surface area is 119 Å². The van der Waals surface area contributed by atoms with E-state index in [4.69, 9.17) is 0 Å². The SMILES string of the molecule is CCCCC(CC)C(NC)c1ccc(C(C)C)cc1. The molecule has 108 valence electrons. The van der Waals surface area contributed by atoms with Crippen LogP contribution in [0.3, 0.4) is 0 Å². The summed E-state index contributed by atoms with van der Waals surface area (Å²) in [5, 5.41) is 3.53. The molecule has 1 rings (SSSR count). The lowest BCUT2D eigenvalue weighted by molar-refractivity contribution is 0.339. The van der Waals surface area contributed by atoms with Gasteiger partial charge in [0.25, 0.3) is 0 Å². The second-order valence-electron chi connectivity index (χ2n) is 5.90. The third kappa shape index (κ3) is 4.65. The molecule has 0 radical (unpaired) electrons. The maximum absolute atomic E-state index is 3.53. The van der Waals surface area contributed by atoms with Crippen molar-refractivity contribution >= 4 is 0 Å². The van der Waals surface area contributed by atoms with Crippen molar-refractivity contribution in [3.8, 4) is 0 Å². The molecule has 0 aliphatic heterocycles. The Morgan fingerprint density at radius 2 is 1.58 bits per heavy atom. The van der Waals surface area contributed by atoms with Crippen LogP contribution in [-0.2, 0) is 0 Å². The van der Waals surface area contributed by atoms with E-state index in [1.54, 1.807) is 0 Å². The quantitative estimate of drug-likeness (QED) is 0.670. The summed E-state index contributed by atoms with van der Waals surface area (Å²) in [4.78, 5) is 0. The molecule has 0 aliphatic rings. The highest BCUT2D eigenvalue weighted by atomic mass is 14.9. The Kier molecular flexibility index (Phi) is 7.15. The van der Waals surface area contributed by atoms with Crippen molar-refractivity contribution < 1.29 is 0 Å². The standard InChI is InChI=1S/C18H31N/c1-6-8-9-15(7-2)18(19-5)17-12-10-16(11-13-17)14(3)4/h10-15,18-19H,6-9H2,1-5H3. The van der Waals surface area contributed by atoms with Gasteiger partial charge in [-0.05, 0) is 36.4 Å². The predicted octanol–water partition coefficient (Wildman–Crippen LogP) is 5.29. The van der Waals surface area contributed by atoms with Crippen molar-refractivity contribution in [1.82, 2.24) is 5.32 Å². The van der Waals surface area contributed by atoms with Gasteiger partial charge in [0.05, 0.1) is 0 Å². The molecule has 1 nitrogen and oxygen atoms in total. The summed E-state index contributed by atoms with van der Waals surface area (Å²) in [5.41, 5.74) is 2.87. The molecule has 0 saturated heterocycles. The summed E-state index contributed by atoms with van der Waals surface area (Å²) in [6, 6.07) is 9.70. The molecular formula is C18H31N. The molecule has 19 heavy (non-hydrogen) atoms. The Morgan fingerprint density at radius 3 is 2.00 bits per heavy atom. The van der Waals surface area contributed by atoms with Crippen LogP contribution in [0.15, 0.2) is 24.3 Å². The van der Waals surface area contributed by atoms with E-state index in [-0.39, 0.29) is 0 Å². The van der Waals surface area contributed by atoms with Crippen molar-refractivity contribution in [2.75, 3.05) is 7.05 Å². The number of hydrogen-bond acceptors (Lipinski definition) is 1. The van der Waals surface area contributed by atoms with Gasteiger partial charge in [0, 0.05) is 6.04 Å². The maximum Gasteiger partial charge on any atom is 0.0346 e. The first kappa shape index (κ1) is 16.2. The highest BCUT2D eigenvalue weighted by Crippen LogP contribution is 2.29. The van der Waals surface area contributed by atoms with Crippen LogP contribution in [0, 0.1) is 5.92 Å². The molecular weight excluding hydrogens is 230 g/mol. The molecule has 0 heterocycles. The fourth-order valence-electron chi connectivity index (χ4n) is 2.84. The van der Waals surface area contributed by atoms with E-state index in [9.17, 15) is 0 Å². The van der Waals surface area contributed by atoms with Crippen molar-refractivity contribution in [2.24, 2.45) is 5.92 Å². The van der Waals surface area contributed by atoms with Gasteiger partial charge >= 0.3 is 0 Å². The van der Waals surface area contributed by atoms with E-state index >= 15 is 0 Å². The second kappa shape index (κ2) is 8.37. The third-order valence-corrected chi connectivity index (χ3v) is 4.20. The molecule has 0 bridgehead atoms. The number of nitrogens with one attached hydrogen (secondary N) is 1. The van der Waals surface area contributed by atoms with E-state index in [1.807, 2.05) is 0 Å². The van der Waals surface area contributed by atoms with Gasteiger partial charge in [-0.2, -0.15) is 0 Å². The molecule has 2 unspecified atom stereocenters. The zero-order chi connectivity index (χ0) is 14.3. The molecule has 0 aromatic heterocycles. The molecule has 0 saturated carbocycles. The Bertz CT molecular complexity index is 339. The highest BCUT2D eigenvalue weighted by molar-refractivity contribution is 5.27. The molecule has 1 N–H and O–H groups in total. The monoisotopic (exact) mass is 261 g/mol. The minimum atomic E-state index is 0.498. The van der Waals surface area contributed by atoms with Crippen LogP contribution in [0.2, 0.25) is 0 Å². The van der Waals surface area contributed by atoms with E-state index in [1.165, 1.54) is 36.8 Å². The summed E-state index contributed by atoms with van der Waals surface area (Å²) >= 11 is 0. The largest absolute Gasteiger partial charge is 0.313 e. The van der Waals surface area contributed by atoms with Gasteiger partial charge in [0.15, 0.2) is 0 Å². The van der Waals surface area contributed by atoms with Crippen molar-refractivity contribution in [3.05, 3.63) is 35.4 Å². The first-order chi connectivity index (χ1) is 9.13. The van der Waals surface area contributed by atoms with Crippen LogP contribution in [0.4, 0.5) is 0 Å². The van der Waals surface area contributed by atoms with Crippen molar-refractivity contribution in [1.29, 1.82) is 0 Å². The molecule has 1 heteroatoms. The normalized spacial score (nSPS) is 14.6. The van der Waals surface area contributed by atoms with Crippen LogP contribution >= 0.6 is 0 Å². The van der Waals surface area contributed by atoms with E-state index in [2.05, 4.69) is 64.3 Å². The number of benzene rings is 1. The zero-order valence-corrected chi connectivity index (χ0v) is 13.4. The summed E-state index contributed by atoms with van der Waals surface area (Å²) in [6.45, 7) is 9.09. The average molecular weight is 261 g/mol. The minimum Gasteiger partial charge on any atom is -0.313 e. The molecule has 0 fully saturated rings. The number of rotatable bonds is 8. The zero-order valence-electron chi connectivity index (χ0n) is 13.4. The lowest BCUT2D eigenvalue weighted by atomic mass is 9.86. The summed E-state index contributed by atoms with van der Waals surface area (Å²) in [5.74, 6) is 1.36. The van der Waals surface area contributed by atoms with E-state index in [0.717, 1.165) is 5.92 Å². The van der Waals surface area contributed by atoms with Gasteiger partial charge in [-0.3, -0.25) is 0 Å². The van der Waals surface area contributed by atoms with E-state index < -0.39 is 0 Å². The first-order valence-corrected chi connectivity index (χ1v) is 7.91. The molecule has 1 aromatic rings. The second-order valence-corrected chi connectivity index (χ2v) is 5.90. The molecule has 1 aromatic carbocycles. The fourth-order valence-corrected chi connectivity index (χ4v) is 2.84. The van der Waals surface area contributed by atoms with E-state index in [0.29, 0.717) is 12.0 Å². The smallest absolute Gasteiger partial charge is 0.0346 e. The van der Waals surface area contributed by atoms with Crippen LogP contribution < -0.4 is 5.32 Å². The van der Waals surface area contributed by atoms with Crippen LogP contribution in [0.1, 0.15) is 76.5 Å². The summed E-state index contributed by atoms with van der Waals surface area (Å²) in [6.07, 6.45) is 5.20. The highest BCUT2D eigenvalue weighted by Gasteiger charge is 2.19. The Balaban J connectivity index is 2.82. The van der Waals surface area contributed by atoms with Crippen molar-refractivity contribution in [3.63, 3.8) is 0 Å². The van der Waals surface area contributed by atoms with Gasteiger partial charge in [0.2, 0.25) is 0 Å². The molecule has 0 amide bonds. The Morgan fingerprint density at radius 1 is 1.00 bits per heavy atom. The van der Waals surface area contributed by atoms with Crippen LogP contribution in [0.5, 0.6) is 0 Å². The molecule has 0 aliphatic carbocycles. The first-order valence-electron chi connectivity index (χ1n) is 7.91. The van der Waals surface area contributed by atoms with Gasteiger partial charge in [0.1, 0.15) is 0 Å². The lowest BCUT2D eigenvalue weighted by Gasteiger charge is -2.26. The fraction of sp³-hybridized carbons (Fsp3) is 0.667. The van der Waals surface area contributed by atoms with Crippen molar-refractivity contribution in [2.45, 2.75) is 65.3 Å².